The van der Waals surface area contributed by atoms with E-state index in [1.807, 2.05) is 43.3 Å². The minimum absolute atomic E-state index is 0.192. The maximum Gasteiger partial charge on any atom is 0.338 e. The number of carbonyl (C=O) groups is 1. The lowest BCUT2D eigenvalue weighted by Gasteiger charge is -2.26. The molecule has 0 fully saturated rings. The maximum absolute atomic E-state index is 13.9. The zero-order valence-corrected chi connectivity index (χ0v) is 25.8. The van der Waals surface area contributed by atoms with Crippen molar-refractivity contribution in [2.75, 3.05) is 39.8 Å². The van der Waals surface area contributed by atoms with Gasteiger partial charge in [0, 0.05) is 23.0 Å². The van der Waals surface area contributed by atoms with Crippen molar-refractivity contribution in [3.63, 3.8) is 0 Å². The van der Waals surface area contributed by atoms with E-state index < -0.39 is 12.0 Å². The number of aromatic nitrogens is 1. The number of allylic oxidation sites excluding steroid dienone is 1. The molecule has 0 bridgehead atoms. The average molecular weight is 665 g/mol. The Labute approximate surface area is 241 Å². The third kappa shape index (κ3) is 5.19. The number of thiazole rings is 1. The first-order valence-corrected chi connectivity index (χ1v) is 14.1. The molecular formula is C27H27Br2N3O5S. The van der Waals surface area contributed by atoms with Crippen LogP contribution in [0.2, 0.25) is 0 Å². The number of hydrogen-bond donors (Lipinski definition) is 0. The van der Waals surface area contributed by atoms with Crippen LogP contribution in [-0.4, -0.2) is 45.5 Å². The number of fused-ring (bicyclic) bond motifs is 1. The SMILES string of the molecule is CCOC(=O)C1=C(C)N=c2s/c(=C\c3ccc(N(C)C)c(Br)c3)c(=O)n2[C@@H]1c1cc(OC)c(OC)cc1Br. The quantitative estimate of drug-likeness (QED) is 0.348. The van der Waals surface area contributed by atoms with Crippen molar-refractivity contribution in [1.82, 2.24) is 4.57 Å². The summed E-state index contributed by atoms with van der Waals surface area (Å²) in [6, 6.07) is 8.64. The molecule has 4 rings (SSSR count). The van der Waals surface area contributed by atoms with Crippen LogP contribution in [0.3, 0.4) is 0 Å². The van der Waals surface area contributed by atoms with Gasteiger partial charge in [-0.3, -0.25) is 9.36 Å². The van der Waals surface area contributed by atoms with Crippen molar-refractivity contribution >= 4 is 60.9 Å². The smallest absolute Gasteiger partial charge is 0.338 e. The maximum atomic E-state index is 13.9. The first kappa shape index (κ1) is 28.1. The molecule has 0 saturated carbocycles. The topological polar surface area (TPSA) is 82.4 Å². The van der Waals surface area contributed by atoms with Crippen LogP contribution in [0.5, 0.6) is 11.5 Å². The molecule has 1 aliphatic rings. The molecule has 0 spiro atoms. The minimum Gasteiger partial charge on any atom is -0.493 e. The summed E-state index contributed by atoms with van der Waals surface area (Å²) in [6.07, 6.45) is 1.83. The molecule has 0 aliphatic carbocycles. The van der Waals surface area contributed by atoms with Crippen molar-refractivity contribution < 1.29 is 19.0 Å². The number of benzene rings is 2. The molecule has 0 saturated heterocycles. The van der Waals surface area contributed by atoms with E-state index in [9.17, 15) is 9.59 Å². The van der Waals surface area contributed by atoms with Crippen molar-refractivity contribution in [3.8, 4) is 11.5 Å². The van der Waals surface area contributed by atoms with Gasteiger partial charge in [-0.1, -0.05) is 33.3 Å². The second-order valence-electron chi connectivity index (χ2n) is 8.64. The summed E-state index contributed by atoms with van der Waals surface area (Å²) in [5.74, 6) is 0.454. The number of hydrogen-bond acceptors (Lipinski definition) is 8. The Hall–Kier alpha value is -2.89. The summed E-state index contributed by atoms with van der Waals surface area (Å²) in [4.78, 5) is 34.2. The van der Waals surface area contributed by atoms with Crippen LogP contribution in [0, 0.1) is 0 Å². The molecule has 1 aliphatic heterocycles. The second kappa shape index (κ2) is 11.5. The second-order valence-corrected chi connectivity index (χ2v) is 11.4. The zero-order valence-electron chi connectivity index (χ0n) is 21.8. The number of esters is 1. The van der Waals surface area contributed by atoms with Crippen LogP contribution in [0.4, 0.5) is 5.69 Å². The Morgan fingerprint density at radius 2 is 1.82 bits per heavy atom. The lowest BCUT2D eigenvalue weighted by Crippen LogP contribution is -2.40. The molecule has 1 aromatic heterocycles. The fourth-order valence-electron chi connectivity index (χ4n) is 4.29. The van der Waals surface area contributed by atoms with Gasteiger partial charge in [-0.15, -0.1) is 0 Å². The molecule has 2 heterocycles. The van der Waals surface area contributed by atoms with Gasteiger partial charge in [-0.05, 0) is 71.2 Å². The molecule has 0 radical (unpaired) electrons. The summed E-state index contributed by atoms with van der Waals surface area (Å²) in [6.45, 7) is 3.68. The first-order chi connectivity index (χ1) is 18.1. The van der Waals surface area contributed by atoms with Crippen LogP contribution < -0.4 is 29.3 Å². The highest BCUT2D eigenvalue weighted by Crippen LogP contribution is 2.40. The predicted molar refractivity (Wildman–Crippen MR) is 156 cm³/mol. The van der Waals surface area contributed by atoms with E-state index in [1.165, 1.54) is 18.4 Å². The molecule has 1 atom stereocenters. The first-order valence-electron chi connectivity index (χ1n) is 11.7. The van der Waals surface area contributed by atoms with Gasteiger partial charge in [0.1, 0.15) is 0 Å². The Balaban J connectivity index is 1.98. The van der Waals surface area contributed by atoms with Crippen LogP contribution in [0.1, 0.15) is 31.0 Å². The molecule has 0 amide bonds. The fraction of sp³-hybridized carbons (Fsp3) is 0.296. The van der Waals surface area contributed by atoms with Crippen molar-refractivity contribution in [1.29, 1.82) is 0 Å². The molecule has 11 heteroatoms. The summed E-state index contributed by atoms with van der Waals surface area (Å²) in [5.41, 5.74) is 3.04. The Kier molecular flexibility index (Phi) is 8.49. The third-order valence-electron chi connectivity index (χ3n) is 6.07. The van der Waals surface area contributed by atoms with E-state index in [0.717, 1.165) is 15.7 Å². The van der Waals surface area contributed by atoms with E-state index in [-0.39, 0.29) is 17.7 Å². The van der Waals surface area contributed by atoms with Crippen molar-refractivity contribution in [2.45, 2.75) is 19.9 Å². The van der Waals surface area contributed by atoms with E-state index in [1.54, 1.807) is 37.7 Å². The number of carbonyl (C=O) groups excluding carboxylic acids is 1. The van der Waals surface area contributed by atoms with E-state index in [0.29, 0.717) is 36.6 Å². The Morgan fingerprint density at radius 1 is 1.13 bits per heavy atom. The monoisotopic (exact) mass is 663 g/mol. The molecule has 0 unspecified atom stereocenters. The van der Waals surface area contributed by atoms with Gasteiger partial charge in [-0.2, -0.15) is 0 Å². The van der Waals surface area contributed by atoms with Gasteiger partial charge in [-0.25, -0.2) is 9.79 Å². The van der Waals surface area contributed by atoms with Crippen molar-refractivity contribution in [3.05, 3.63) is 81.4 Å². The van der Waals surface area contributed by atoms with Gasteiger partial charge in [0.05, 0.1) is 48.4 Å². The van der Waals surface area contributed by atoms with Gasteiger partial charge >= 0.3 is 5.97 Å². The van der Waals surface area contributed by atoms with Crippen LogP contribution in [0.15, 0.2) is 60.3 Å². The standard InChI is InChI=1S/C27H27Br2N3O5S/c1-7-37-26(34)23-14(2)30-27-32(24(23)16-12-20(35-5)21(36-6)13-17(16)28)25(33)22(38-27)11-15-8-9-19(31(3)4)18(29)10-15/h8-13,24H,7H2,1-6H3/b22-11-/t24-/m1/s1. The van der Waals surface area contributed by atoms with E-state index in [2.05, 4.69) is 36.9 Å². The highest BCUT2D eigenvalue weighted by Gasteiger charge is 2.35. The summed E-state index contributed by atoms with van der Waals surface area (Å²) in [5, 5.41) is 0. The van der Waals surface area contributed by atoms with Gasteiger partial charge in [0.2, 0.25) is 0 Å². The third-order valence-corrected chi connectivity index (χ3v) is 8.37. The fourth-order valence-corrected chi connectivity index (χ4v) is 6.63. The Bertz CT molecular complexity index is 1620. The number of halogens is 2. The van der Waals surface area contributed by atoms with Crippen LogP contribution >= 0.6 is 43.2 Å². The lowest BCUT2D eigenvalue weighted by molar-refractivity contribution is -0.139. The highest BCUT2D eigenvalue weighted by atomic mass is 79.9. The molecule has 8 nitrogen and oxygen atoms in total. The summed E-state index contributed by atoms with van der Waals surface area (Å²) >= 11 is 8.50. The lowest BCUT2D eigenvalue weighted by atomic mass is 9.95. The molecule has 2 aromatic carbocycles. The van der Waals surface area contributed by atoms with E-state index >= 15 is 0 Å². The number of anilines is 1. The normalized spacial score (nSPS) is 15.2. The number of methoxy groups -OCH3 is 2. The molecule has 38 heavy (non-hydrogen) atoms. The van der Waals surface area contributed by atoms with Crippen LogP contribution in [0.25, 0.3) is 6.08 Å². The Morgan fingerprint density at radius 3 is 2.42 bits per heavy atom. The zero-order chi connectivity index (χ0) is 27.7. The number of nitrogens with zero attached hydrogens (tertiary/aromatic N) is 3. The highest BCUT2D eigenvalue weighted by molar-refractivity contribution is 9.11. The summed E-state index contributed by atoms with van der Waals surface area (Å²) in [7, 11) is 7.01. The average Bonchev–Trinajstić information content (AvgIpc) is 3.17. The van der Waals surface area contributed by atoms with E-state index in [4.69, 9.17) is 14.2 Å². The molecule has 0 N–H and O–H groups in total. The minimum atomic E-state index is -0.788. The van der Waals surface area contributed by atoms with Gasteiger partial charge in [0.25, 0.3) is 5.56 Å². The molecular weight excluding hydrogens is 638 g/mol. The molecule has 3 aromatic rings. The predicted octanol–water partition coefficient (Wildman–Crippen LogP) is 4.41. The van der Waals surface area contributed by atoms with Crippen LogP contribution in [-0.2, 0) is 9.53 Å². The number of ether oxygens (including phenoxy) is 3. The largest absolute Gasteiger partial charge is 0.493 e. The van der Waals surface area contributed by atoms with Crippen molar-refractivity contribution in [2.24, 2.45) is 4.99 Å². The number of rotatable bonds is 7. The summed E-state index contributed by atoms with van der Waals surface area (Å²) < 4.78 is 20.0. The van der Waals surface area contributed by atoms with Gasteiger partial charge in [0.15, 0.2) is 16.3 Å². The molecule has 200 valence electrons. The van der Waals surface area contributed by atoms with Gasteiger partial charge < -0.3 is 19.1 Å².